The summed E-state index contributed by atoms with van der Waals surface area (Å²) in [4.78, 5) is 40.7. The SMILES string of the molecule is O=C(CCC(=O)N1CCC(c2ccccc2)=N1)N1CCN(C(=O)c2ccco2)CC1. The molecule has 1 fully saturated rings. The molecule has 3 amide bonds. The van der Waals surface area contributed by atoms with Crippen LogP contribution in [0.5, 0.6) is 0 Å². The normalized spacial score (nSPS) is 16.5. The van der Waals surface area contributed by atoms with Gasteiger partial charge >= 0.3 is 0 Å². The molecule has 2 aliphatic rings. The Kier molecular flexibility index (Phi) is 5.92. The highest BCUT2D eigenvalue weighted by atomic mass is 16.3. The van der Waals surface area contributed by atoms with Crippen LogP contribution < -0.4 is 0 Å². The molecule has 0 radical (unpaired) electrons. The standard InChI is InChI=1S/C22H24N4O4/c27-20(24-12-14-25(15-13-24)22(29)19-7-4-16-30-19)8-9-21(28)26-11-10-18(23-26)17-5-2-1-3-6-17/h1-7,16H,8-15H2. The minimum Gasteiger partial charge on any atom is -0.459 e. The van der Waals surface area contributed by atoms with Gasteiger partial charge in [-0.2, -0.15) is 5.10 Å². The molecule has 1 aromatic carbocycles. The lowest BCUT2D eigenvalue weighted by Gasteiger charge is -2.34. The van der Waals surface area contributed by atoms with Crippen LogP contribution >= 0.6 is 0 Å². The van der Waals surface area contributed by atoms with Crippen molar-refractivity contribution in [2.75, 3.05) is 32.7 Å². The van der Waals surface area contributed by atoms with E-state index in [1.807, 2.05) is 30.3 Å². The second-order valence-electron chi connectivity index (χ2n) is 7.33. The molecule has 1 saturated heterocycles. The van der Waals surface area contributed by atoms with Gasteiger partial charge in [0.15, 0.2) is 5.76 Å². The van der Waals surface area contributed by atoms with E-state index in [9.17, 15) is 14.4 Å². The fourth-order valence-electron chi connectivity index (χ4n) is 3.69. The van der Waals surface area contributed by atoms with E-state index in [4.69, 9.17) is 4.42 Å². The number of hydrogen-bond donors (Lipinski definition) is 0. The number of amides is 3. The molecular weight excluding hydrogens is 384 g/mol. The molecule has 0 aliphatic carbocycles. The number of furan rings is 1. The van der Waals surface area contributed by atoms with E-state index in [0.29, 0.717) is 38.5 Å². The van der Waals surface area contributed by atoms with E-state index in [0.717, 1.165) is 17.7 Å². The minimum atomic E-state index is -0.164. The van der Waals surface area contributed by atoms with E-state index in [2.05, 4.69) is 5.10 Å². The zero-order chi connectivity index (χ0) is 20.9. The summed E-state index contributed by atoms with van der Waals surface area (Å²) in [6, 6.07) is 13.1. The van der Waals surface area contributed by atoms with Crippen molar-refractivity contribution >= 4 is 23.4 Å². The zero-order valence-corrected chi connectivity index (χ0v) is 16.7. The Morgan fingerprint density at radius 2 is 1.53 bits per heavy atom. The van der Waals surface area contributed by atoms with Crippen LogP contribution in [0.2, 0.25) is 0 Å². The van der Waals surface area contributed by atoms with E-state index >= 15 is 0 Å². The number of carbonyl (C=O) groups is 3. The van der Waals surface area contributed by atoms with E-state index in [-0.39, 0.29) is 30.6 Å². The smallest absolute Gasteiger partial charge is 0.289 e. The average Bonchev–Trinajstić information content (AvgIpc) is 3.50. The Labute approximate surface area is 174 Å². The molecule has 2 aromatic rings. The highest BCUT2D eigenvalue weighted by Gasteiger charge is 2.27. The van der Waals surface area contributed by atoms with Crippen molar-refractivity contribution in [1.82, 2.24) is 14.8 Å². The van der Waals surface area contributed by atoms with Crippen LogP contribution in [0.25, 0.3) is 0 Å². The van der Waals surface area contributed by atoms with Gasteiger partial charge in [-0.05, 0) is 17.7 Å². The Morgan fingerprint density at radius 1 is 0.833 bits per heavy atom. The van der Waals surface area contributed by atoms with Gasteiger partial charge < -0.3 is 14.2 Å². The monoisotopic (exact) mass is 408 g/mol. The number of benzene rings is 1. The summed E-state index contributed by atoms with van der Waals surface area (Å²) in [6.07, 6.45) is 2.47. The number of nitrogens with zero attached hydrogens (tertiary/aromatic N) is 4. The summed E-state index contributed by atoms with van der Waals surface area (Å²) < 4.78 is 5.15. The third kappa shape index (κ3) is 4.42. The van der Waals surface area contributed by atoms with Crippen molar-refractivity contribution in [3.05, 3.63) is 60.1 Å². The summed E-state index contributed by atoms with van der Waals surface area (Å²) in [5, 5.41) is 5.89. The number of hydrogen-bond acceptors (Lipinski definition) is 5. The molecule has 8 heteroatoms. The molecule has 0 atom stereocenters. The molecule has 0 bridgehead atoms. The number of carbonyl (C=O) groups excluding carboxylic acids is 3. The molecule has 0 unspecified atom stereocenters. The lowest BCUT2D eigenvalue weighted by molar-refractivity contribution is -0.137. The van der Waals surface area contributed by atoms with Gasteiger partial charge in [0, 0.05) is 45.4 Å². The van der Waals surface area contributed by atoms with Gasteiger partial charge in [0.05, 0.1) is 18.5 Å². The Hall–Kier alpha value is -3.42. The fraction of sp³-hybridized carbons (Fsp3) is 0.364. The summed E-state index contributed by atoms with van der Waals surface area (Å²) >= 11 is 0. The van der Waals surface area contributed by atoms with Crippen molar-refractivity contribution in [2.45, 2.75) is 19.3 Å². The molecule has 8 nitrogen and oxygen atoms in total. The first kappa shape index (κ1) is 19.9. The molecule has 0 spiro atoms. The molecule has 4 rings (SSSR count). The average molecular weight is 408 g/mol. The molecular formula is C22H24N4O4. The topological polar surface area (TPSA) is 86.4 Å². The van der Waals surface area contributed by atoms with Gasteiger partial charge in [-0.25, -0.2) is 5.01 Å². The highest BCUT2D eigenvalue weighted by molar-refractivity contribution is 6.02. The van der Waals surface area contributed by atoms with Gasteiger partial charge in [-0.1, -0.05) is 30.3 Å². The van der Waals surface area contributed by atoms with Gasteiger partial charge in [0.25, 0.3) is 5.91 Å². The van der Waals surface area contributed by atoms with Gasteiger partial charge in [-0.3, -0.25) is 14.4 Å². The predicted molar refractivity (Wildman–Crippen MR) is 110 cm³/mol. The van der Waals surface area contributed by atoms with Crippen molar-refractivity contribution in [3.8, 4) is 0 Å². The quantitative estimate of drug-likeness (QED) is 0.757. The van der Waals surface area contributed by atoms with Crippen LogP contribution in [0.1, 0.15) is 35.4 Å². The maximum Gasteiger partial charge on any atom is 0.289 e. The second-order valence-corrected chi connectivity index (χ2v) is 7.33. The van der Waals surface area contributed by atoms with E-state index in [1.54, 1.807) is 21.9 Å². The van der Waals surface area contributed by atoms with Crippen LogP contribution in [0.4, 0.5) is 0 Å². The maximum absolute atomic E-state index is 12.5. The molecule has 2 aliphatic heterocycles. The zero-order valence-electron chi connectivity index (χ0n) is 16.7. The van der Waals surface area contributed by atoms with Crippen molar-refractivity contribution in [3.63, 3.8) is 0 Å². The summed E-state index contributed by atoms with van der Waals surface area (Å²) in [7, 11) is 0. The summed E-state index contributed by atoms with van der Waals surface area (Å²) in [5.41, 5.74) is 1.92. The van der Waals surface area contributed by atoms with Crippen LogP contribution in [-0.4, -0.2) is 71.0 Å². The molecule has 3 heterocycles. The van der Waals surface area contributed by atoms with Crippen molar-refractivity contribution in [2.24, 2.45) is 5.10 Å². The largest absolute Gasteiger partial charge is 0.459 e. The van der Waals surface area contributed by atoms with Crippen molar-refractivity contribution < 1.29 is 18.8 Å². The van der Waals surface area contributed by atoms with Gasteiger partial charge in [0.2, 0.25) is 11.8 Å². The highest BCUT2D eigenvalue weighted by Crippen LogP contribution is 2.16. The third-order valence-electron chi connectivity index (χ3n) is 5.40. The molecule has 156 valence electrons. The first-order valence-corrected chi connectivity index (χ1v) is 10.2. The lowest BCUT2D eigenvalue weighted by Crippen LogP contribution is -2.50. The van der Waals surface area contributed by atoms with Crippen molar-refractivity contribution in [1.29, 1.82) is 0 Å². The van der Waals surface area contributed by atoms with Gasteiger partial charge in [-0.15, -0.1) is 0 Å². The van der Waals surface area contributed by atoms with Crippen LogP contribution in [0.15, 0.2) is 58.2 Å². The Bertz CT molecular complexity index is 931. The van der Waals surface area contributed by atoms with Crippen LogP contribution in [0, 0.1) is 0 Å². The van der Waals surface area contributed by atoms with E-state index < -0.39 is 0 Å². The predicted octanol–water partition coefficient (Wildman–Crippen LogP) is 1.98. The molecule has 0 saturated carbocycles. The van der Waals surface area contributed by atoms with Crippen LogP contribution in [-0.2, 0) is 9.59 Å². The first-order chi connectivity index (χ1) is 14.6. The minimum absolute atomic E-state index is 0.0695. The maximum atomic E-state index is 12.5. The lowest BCUT2D eigenvalue weighted by atomic mass is 10.1. The Balaban J connectivity index is 1.23. The second kappa shape index (κ2) is 8.94. The number of rotatable bonds is 5. The van der Waals surface area contributed by atoms with E-state index in [1.165, 1.54) is 11.3 Å². The summed E-state index contributed by atoms with van der Waals surface area (Å²) in [5.74, 6) is -0.0642. The fourth-order valence-corrected chi connectivity index (χ4v) is 3.69. The third-order valence-corrected chi connectivity index (χ3v) is 5.40. The summed E-state index contributed by atoms with van der Waals surface area (Å²) in [6.45, 7) is 2.37. The van der Waals surface area contributed by atoms with Crippen LogP contribution in [0.3, 0.4) is 0 Å². The Morgan fingerprint density at radius 3 is 2.23 bits per heavy atom. The number of piperazine rings is 1. The molecule has 0 N–H and O–H groups in total. The number of hydrazone groups is 1. The first-order valence-electron chi connectivity index (χ1n) is 10.2. The molecule has 30 heavy (non-hydrogen) atoms. The van der Waals surface area contributed by atoms with Gasteiger partial charge in [0.1, 0.15) is 0 Å². The molecule has 1 aromatic heterocycles.